The Balaban J connectivity index is 2.41. The maximum absolute atomic E-state index is 12.1. The van der Waals surface area contributed by atoms with Gasteiger partial charge in [-0.05, 0) is 36.1 Å². The molecular weight excluding hydrogens is 244 g/mol. The van der Waals surface area contributed by atoms with Crippen LogP contribution >= 0.6 is 0 Å². The van der Waals surface area contributed by atoms with Crippen molar-refractivity contribution in [2.45, 2.75) is 25.4 Å². The van der Waals surface area contributed by atoms with Gasteiger partial charge in [-0.25, -0.2) is 0 Å². The molecule has 1 aromatic rings. The van der Waals surface area contributed by atoms with E-state index in [0.717, 1.165) is 0 Å². The molecule has 1 saturated carbocycles. The van der Waals surface area contributed by atoms with Crippen LogP contribution in [0.4, 0.5) is 14.5 Å². The summed E-state index contributed by atoms with van der Waals surface area (Å²) in [6, 6.07) is 3.98. The Hall–Kier alpha value is -1.85. The van der Waals surface area contributed by atoms with Crippen molar-refractivity contribution in [3.05, 3.63) is 23.8 Å². The molecule has 1 aliphatic rings. The Morgan fingerprint density at radius 2 is 2.22 bits per heavy atom. The molecule has 98 valence electrons. The smallest absolute Gasteiger partial charge is 0.387 e. The van der Waals surface area contributed by atoms with Crippen LogP contribution in [0, 0.1) is 5.92 Å². The number of carboxylic acid groups (broad SMARTS) is 1. The lowest BCUT2D eigenvalue weighted by atomic mass is 9.92. The second-order valence-corrected chi connectivity index (χ2v) is 4.51. The fourth-order valence-corrected chi connectivity index (χ4v) is 2.31. The zero-order valence-electron chi connectivity index (χ0n) is 9.69. The molecule has 2 rings (SSSR count). The van der Waals surface area contributed by atoms with Crippen LogP contribution in [0.25, 0.3) is 0 Å². The van der Waals surface area contributed by atoms with Gasteiger partial charge in [-0.3, -0.25) is 4.79 Å². The summed E-state index contributed by atoms with van der Waals surface area (Å²) in [6.07, 6.45) is 0.449. The summed E-state index contributed by atoms with van der Waals surface area (Å²) in [5.74, 6) is -1.14. The molecule has 3 N–H and O–H groups in total. The van der Waals surface area contributed by atoms with Crippen LogP contribution < -0.4 is 10.5 Å². The molecule has 4 nitrogen and oxygen atoms in total. The molecule has 1 fully saturated rings. The number of ether oxygens (including phenoxy) is 1. The number of anilines is 1. The van der Waals surface area contributed by atoms with Crippen molar-refractivity contribution in [1.82, 2.24) is 0 Å². The van der Waals surface area contributed by atoms with Gasteiger partial charge in [0.25, 0.3) is 0 Å². The molecule has 0 heterocycles. The van der Waals surface area contributed by atoms with Gasteiger partial charge in [-0.1, -0.05) is 6.92 Å². The van der Waals surface area contributed by atoms with E-state index in [2.05, 4.69) is 4.74 Å². The number of benzene rings is 1. The zero-order chi connectivity index (χ0) is 13.5. The quantitative estimate of drug-likeness (QED) is 0.811. The van der Waals surface area contributed by atoms with Gasteiger partial charge >= 0.3 is 12.6 Å². The third-order valence-electron chi connectivity index (χ3n) is 3.42. The number of aliphatic carboxylic acids is 1. The van der Waals surface area contributed by atoms with E-state index in [4.69, 9.17) is 5.73 Å². The number of rotatable bonds is 4. The standard InChI is InChI=1S/C12H13F2NO3/c1-6-5-12(6,10(16)17)8-4-7(18-11(13)14)2-3-9(8)15/h2-4,6,11H,5,15H2,1H3,(H,16,17). The Morgan fingerprint density at radius 1 is 1.61 bits per heavy atom. The van der Waals surface area contributed by atoms with Gasteiger partial charge in [-0.15, -0.1) is 0 Å². The first-order chi connectivity index (χ1) is 8.37. The summed E-state index contributed by atoms with van der Waals surface area (Å²) in [6.45, 7) is -1.16. The van der Waals surface area contributed by atoms with Crippen molar-refractivity contribution in [3.8, 4) is 5.75 Å². The summed E-state index contributed by atoms with van der Waals surface area (Å²) in [4.78, 5) is 11.3. The number of carbonyl (C=O) groups is 1. The number of nitrogen functional groups attached to an aromatic ring is 1. The minimum absolute atomic E-state index is 0.0703. The lowest BCUT2D eigenvalue weighted by molar-refractivity contribution is -0.140. The van der Waals surface area contributed by atoms with E-state index in [9.17, 15) is 18.7 Å². The molecule has 1 aromatic carbocycles. The fraction of sp³-hybridized carbons (Fsp3) is 0.417. The van der Waals surface area contributed by atoms with E-state index in [1.807, 2.05) is 0 Å². The first-order valence-electron chi connectivity index (χ1n) is 5.46. The molecule has 1 aliphatic carbocycles. The maximum Gasteiger partial charge on any atom is 0.387 e. The van der Waals surface area contributed by atoms with Crippen molar-refractivity contribution >= 4 is 11.7 Å². The molecule has 6 heteroatoms. The molecule has 0 spiro atoms. The van der Waals surface area contributed by atoms with Gasteiger partial charge in [-0.2, -0.15) is 8.78 Å². The highest BCUT2D eigenvalue weighted by Crippen LogP contribution is 2.56. The van der Waals surface area contributed by atoms with Gasteiger partial charge in [0.05, 0.1) is 5.41 Å². The van der Waals surface area contributed by atoms with E-state index in [-0.39, 0.29) is 17.4 Å². The average Bonchev–Trinajstić information content (AvgIpc) is 2.93. The maximum atomic E-state index is 12.1. The predicted molar refractivity (Wildman–Crippen MR) is 60.6 cm³/mol. The molecule has 18 heavy (non-hydrogen) atoms. The first kappa shape index (κ1) is 12.6. The zero-order valence-corrected chi connectivity index (χ0v) is 9.69. The molecule has 0 radical (unpaired) electrons. The highest BCUT2D eigenvalue weighted by Gasteiger charge is 2.60. The van der Waals surface area contributed by atoms with Crippen molar-refractivity contribution < 1.29 is 23.4 Å². The molecule has 0 aromatic heterocycles. The van der Waals surface area contributed by atoms with E-state index < -0.39 is 18.0 Å². The topological polar surface area (TPSA) is 72.5 Å². The van der Waals surface area contributed by atoms with Crippen molar-refractivity contribution in [1.29, 1.82) is 0 Å². The normalized spacial score (nSPS) is 26.1. The van der Waals surface area contributed by atoms with Crippen molar-refractivity contribution in [2.24, 2.45) is 5.92 Å². The van der Waals surface area contributed by atoms with Gasteiger partial charge < -0.3 is 15.6 Å². The molecule has 0 bridgehead atoms. The third-order valence-corrected chi connectivity index (χ3v) is 3.42. The molecule has 0 saturated heterocycles. The Morgan fingerprint density at radius 3 is 2.67 bits per heavy atom. The highest BCUT2D eigenvalue weighted by molar-refractivity contribution is 5.88. The Labute approximate surface area is 102 Å². The van der Waals surface area contributed by atoms with Gasteiger partial charge in [0.15, 0.2) is 0 Å². The average molecular weight is 257 g/mol. The summed E-state index contributed by atoms with van der Waals surface area (Å²) < 4.78 is 28.5. The van der Waals surface area contributed by atoms with E-state index in [1.54, 1.807) is 6.92 Å². The molecular formula is C12H13F2NO3. The number of nitrogens with two attached hydrogens (primary N) is 1. The second-order valence-electron chi connectivity index (χ2n) is 4.51. The number of carboxylic acids is 1. The fourth-order valence-electron chi connectivity index (χ4n) is 2.31. The monoisotopic (exact) mass is 257 g/mol. The van der Waals surface area contributed by atoms with Crippen LogP contribution in [0.1, 0.15) is 18.9 Å². The number of halogens is 2. The molecule has 2 unspecified atom stereocenters. The van der Waals surface area contributed by atoms with Crippen molar-refractivity contribution in [3.63, 3.8) is 0 Å². The lowest BCUT2D eigenvalue weighted by Crippen LogP contribution is -2.23. The van der Waals surface area contributed by atoms with Gasteiger partial charge in [0, 0.05) is 5.69 Å². The van der Waals surface area contributed by atoms with Crippen LogP contribution in [0.5, 0.6) is 5.75 Å². The molecule has 2 atom stereocenters. The summed E-state index contributed by atoms with van der Waals surface area (Å²) >= 11 is 0. The summed E-state index contributed by atoms with van der Waals surface area (Å²) in [5.41, 5.74) is 5.30. The van der Waals surface area contributed by atoms with Gasteiger partial charge in [0.2, 0.25) is 0 Å². The molecule has 0 amide bonds. The second kappa shape index (κ2) is 4.12. The predicted octanol–water partition coefficient (Wildman–Crippen LogP) is 2.23. The SMILES string of the molecule is CC1CC1(C(=O)O)c1cc(OC(F)F)ccc1N. The Bertz CT molecular complexity index is 492. The van der Waals surface area contributed by atoms with Crippen LogP contribution in [0.2, 0.25) is 0 Å². The number of alkyl halides is 2. The van der Waals surface area contributed by atoms with Crippen LogP contribution in [0.15, 0.2) is 18.2 Å². The van der Waals surface area contributed by atoms with Crippen LogP contribution in [0.3, 0.4) is 0 Å². The summed E-state index contributed by atoms with van der Waals surface area (Å²) in [5, 5.41) is 9.28. The molecule has 0 aliphatic heterocycles. The largest absolute Gasteiger partial charge is 0.481 e. The number of hydrogen-bond acceptors (Lipinski definition) is 3. The Kier molecular flexibility index (Phi) is 2.88. The lowest BCUT2D eigenvalue weighted by Gasteiger charge is -2.16. The summed E-state index contributed by atoms with van der Waals surface area (Å²) in [7, 11) is 0. The van der Waals surface area contributed by atoms with E-state index >= 15 is 0 Å². The van der Waals surface area contributed by atoms with Crippen LogP contribution in [-0.2, 0) is 10.2 Å². The minimum Gasteiger partial charge on any atom is -0.481 e. The van der Waals surface area contributed by atoms with E-state index in [1.165, 1.54) is 18.2 Å². The van der Waals surface area contributed by atoms with Gasteiger partial charge in [0.1, 0.15) is 5.75 Å². The number of hydrogen-bond donors (Lipinski definition) is 2. The van der Waals surface area contributed by atoms with Crippen LogP contribution in [-0.4, -0.2) is 17.7 Å². The van der Waals surface area contributed by atoms with Crippen molar-refractivity contribution in [2.75, 3.05) is 5.73 Å². The highest BCUT2D eigenvalue weighted by atomic mass is 19.3. The minimum atomic E-state index is -2.95. The third kappa shape index (κ3) is 1.87. The van der Waals surface area contributed by atoms with E-state index in [0.29, 0.717) is 12.0 Å². The first-order valence-corrected chi connectivity index (χ1v) is 5.46.